The quantitative estimate of drug-likeness (QED) is 0.262. The van der Waals surface area contributed by atoms with E-state index in [2.05, 4.69) is 15.5 Å². The molecule has 0 radical (unpaired) electrons. The Hall–Kier alpha value is -4.27. The molecule has 3 N–H and O–H groups in total. The van der Waals surface area contributed by atoms with Crippen LogP contribution in [0.4, 0.5) is 0 Å². The largest absolute Gasteiger partial charge is 0.493 e. The highest BCUT2D eigenvalue weighted by Crippen LogP contribution is 2.27. The lowest BCUT2D eigenvalue weighted by Gasteiger charge is -2.10. The molecule has 0 aliphatic heterocycles. The lowest BCUT2D eigenvalue weighted by Crippen LogP contribution is -2.29. The van der Waals surface area contributed by atoms with Crippen LogP contribution in [0.1, 0.15) is 11.1 Å². The Balaban J connectivity index is 1.48. The first kappa shape index (κ1) is 23.4. The van der Waals surface area contributed by atoms with Crippen LogP contribution in [-0.2, 0) is 16.1 Å². The van der Waals surface area contributed by atoms with Gasteiger partial charge in [-0.25, -0.2) is 4.98 Å². The van der Waals surface area contributed by atoms with Gasteiger partial charge in [0.1, 0.15) is 5.75 Å². The predicted molar refractivity (Wildman–Crippen MR) is 124 cm³/mol. The number of methoxy groups -OCH3 is 2. The third-order valence-corrected chi connectivity index (χ3v) is 4.55. The summed E-state index contributed by atoms with van der Waals surface area (Å²) in [6.45, 7) is 0.149. The van der Waals surface area contributed by atoms with Crippen molar-refractivity contribution in [2.75, 3.05) is 27.4 Å². The van der Waals surface area contributed by atoms with Crippen molar-refractivity contribution in [3.8, 4) is 23.1 Å². The lowest BCUT2D eigenvalue weighted by molar-refractivity contribution is -0.125. The maximum Gasteiger partial charge on any atom is 0.260 e. The number of amidine groups is 1. The molecule has 172 valence electrons. The highest BCUT2D eigenvalue weighted by Gasteiger charge is 2.11. The molecule has 1 amide bonds. The first-order valence-corrected chi connectivity index (χ1v) is 10.2. The van der Waals surface area contributed by atoms with E-state index >= 15 is 0 Å². The molecule has 33 heavy (non-hydrogen) atoms. The zero-order valence-electron chi connectivity index (χ0n) is 18.5. The minimum absolute atomic E-state index is 0.0483. The number of nitrogens with two attached hydrogens (primary N) is 1. The fourth-order valence-corrected chi connectivity index (χ4v) is 2.91. The number of carbonyl (C=O) groups excluding carboxylic acids is 1. The second kappa shape index (κ2) is 11.9. The molecular formula is C24H26N4O5. The Morgan fingerprint density at radius 3 is 2.58 bits per heavy atom. The molecule has 0 aliphatic carbocycles. The molecule has 0 unspecified atom stereocenters. The number of carbonyl (C=O) groups is 1. The van der Waals surface area contributed by atoms with Crippen molar-refractivity contribution in [3.05, 3.63) is 78.0 Å². The number of para-hydroxylation sites is 1. The van der Waals surface area contributed by atoms with Gasteiger partial charge in [-0.05, 0) is 48.4 Å². The molecule has 0 saturated heterocycles. The average Bonchev–Trinajstić information content (AvgIpc) is 2.84. The van der Waals surface area contributed by atoms with Crippen LogP contribution in [0, 0.1) is 0 Å². The van der Waals surface area contributed by atoms with Gasteiger partial charge in [-0.15, -0.1) is 0 Å². The van der Waals surface area contributed by atoms with Gasteiger partial charge < -0.3 is 30.1 Å². The van der Waals surface area contributed by atoms with Crippen molar-refractivity contribution < 1.29 is 23.8 Å². The van der Waals surface area contributed by atoms with Crippen LogP contribution in [0.2, 0.25) is 0 Å². The summed E-state index contributed by atoms with van der Waals surface area (Å²) in [5.41, 5.74) is 7.47. The van der Waals surface area contributed by atoms with Crippen LogP contribution in [0.5, 0.6) is 23.1 Å². The molecular weight excluding hydrogens is 424 g/mol. The topological polar surface area (TPSA) is 117 Å². The average molecular weight is 450 g/mol. The minimum Gasteiger partial charge on any atom is -0.493 e. The zero-order chi connectivity index (χ0) is 23.5. The third kappa shape index (κ3) is 6.86. The molecule has 3 aromatic rings. The summed E-state index contributed by atoms with van der Waals surface area (Å²) in [6, 6.07) is 18.2. The minimum atomic E-state index is -0.320. The van der Waals surface area contributed by atoms with Gasteiger partial charge in [0.25, 0.3) is 5.91 Å². The summed E-state index contributed by atoms with van der Waals surface area (Å²) in [5.74, 6) is 1.92. The first-order chi connectivity index (χ1) is 16.1. The Bertz CT molecular complexity index is 1090. The number of oxime groups is 1. The first-order valence-electron chi connectivity index (χ1n) is 10.2. The number of hydrogen-bond donors (Lipinski definition) is 2. The van der Waals surface area contributed by atoms with Gasteiger partial charge in [0.2, 0.25) is 5.88 Å². The molecule has 0 spiro atoms. The number of aromatic nitrogens is 1. The van der Waals surface area contributed by atoms with Gasteiger partial charge >= 0.3 is 0 Å². The van der Waals surface area contributed by atoms with Gasteiger partial charge in [-0.2, -0.15) is 0 Å². The normalized spacial score (nSPS) is 10.9. The number of rotatable bonds is 11. The van der Waals surface area contributed by atoms with Crippen molar-refractivity contribution in [1.82, 2.24) is 10.3 Å². The van der Waals surface area contributed by atoms with Crippen molar-refractivity contribution in [2.24, 2.45) is 10.9 Å². The van der Waals surface area contributed by atoms with Crippen LogP contribution in [0.3, 0.4) is 0 Å². The monoisotopic (exact) mass is 450 g/mol. The van der Waals surface area contributed by atoms with E-state index in [1.54, 1.807) is 44.7 Å². The van der Waals surface area contributed by atoms with E-state index in [1.807, 2.05) is 36.4 Å². The van der Waals surface area contributed by atoms with E-state index in [0.29, 0.717) is 35.8 Å². The van der Waals surface area contributed by atoms with Gasteiger partial charge in [0.15, 0.2) is 23.9 Å². The maximum atomic E-state index is 12.1. The van der Waals surface area contributed by atoms with Crippen LogP contribution in [0.25, 0.3) is 0 Å². The van der Waals surface area contributed by atoms with E-state index in [0.717, 1.165) is 5.56 Å². The lowest BCUT2D eigenvalue weighted by atomic mass is 10.1. The van der Waals surface area contributed by atoms with Gasteiger partial charge in [-0.3, -0.25) is 4.79 Å². The number of ether oxygens (including phenoxy) is 3. The SMILES string of the molecule is COc1ccc(CCNC(=O)CO/N=C(/N)c2cccnc2Oc2ccccc2)cc1OC. The maximum absolute atomic E-state index is 12.1. The third-order valence-electron chi connectivity index (χ3n) is 4.55. The number of hydrogen-bond acceptors (Lipinski definition) is 7. The van der Waals surface area contributed by atoms with Crippen molar-refractivity contribution in [2.45, 2.75) is 6.42 Å². The summed E-state index contributed by atoms with van der Waals surface area (Å²) in [7, 11) is 3.16. The van der Waals surface area contributed by atoms with E-state index in [4.69, 9.17) is 24.8 Å². The fourth-order valence-electron chi connectivity index (χ4n) is 2.91. The Kier molecular flexibility index (Phi) is 8.47. The van der Waals surface area contributed by atoms with E-state index in [9.17, 15) is 4.79 Å². The van der Waals surface area contributed by atoms with Crippen molar-refractivity contribution in [1.29, 1.82) is 0 Å². The molecule has 2 aromatic carbocycles. The number of pyridine rings is 1. The zero-order valence-corrected chi connectivity index (χ0v) is 18.5. The summed E-state index contributed by atoms with van der Waals surface area (Å²) >= 11 is 0. The smallest absolute Gasteiger partial charge is 0.260 e. The highest BCUT2D eigenvalue weighted by atomic mass is 16.6. The molecule has 3 rings (SSSR count). The number of nitrogens with zero attached hydrogens (tertiary/aromatic N) is 2. The standard InChI is InChI=1S/C24H26N4O5/c1-30-20-11-10-17(15-21(20)31-2)12-14-26-22(29)16-32-28-23(25)19-9-6-13-27-24(19)33-18-7-4-3-5-8-18/h3-11,13,15H,12,14,16H2,1-2H3,(H2,25,28)(H,26,29). The predicted octanol–water partition coefficient (Wildman–Crippen LogP) is 2.89. The number of nitrogens with one attached hydrogen (secondary N) is 1. The molecule has 1 aromatic heterocycles. The number of benzene rings is 2. The summed E-state index contributed by atoms with van der Waals surface area (Å²) in [6.07, 6.45) is 2.20. The van der Waals surface area contributed by atoms with Gasteiger partial charge in [0, 0.05) is 12.7 Å². The van der Waals surface area contributed by atoms with E-state index in [1.165, 1.54) is 0 Å². The van der Waals surface area contributed by atoms with Crippen LogP contribution in [0.15, 0.2) is 72.0 Å². The van der Waals surface area contributed by atoms with Crippen molar-refractivity contribution in [3.63, 3.8) is 0 Å². The van der Waals surface area contributed by atoms with Gasteiger partial charge in [0.05, 0.1) is 19.8 Å². The van der Waals surface area contributed by atoms with E-state index in [-0.39, 0.29) is 24.2 Å². The molecule has 9 nitrogen and oxygen atoms in total. The molecule has 1 heterocycles. The Labute approximate surface area is 192 Å². The fraction of sp³-hybridized carbons (Fsp3) is 0.208. The van der Waals surface area contributed by atoms with Crippen LogP contribution >= 0.6 is 0 Å². The molecule has 9 heteroatoms. The second-order valence-corrected chi connectivity index (χ2v) is 6.81. The van der Waals surface area contributed by atoms with Crippen molar-refractivity contribution >= 4 is 11.7 Å². The Morgan fingerprint density at radius 1 is 1.03 bits per heavy atom. The highest BCUT2D eigenvalue weighted by molar-refractivity contribution is 5.99. The van der Waals surface area contributed by atoms with Crippen LogP contribution in [-0.4, -0.2) is 44.1 Å². The van der Waals surface area contributed by atoms with E-state index < -0.39 is 0 Å². The summed E-state index contributed by atoms with van der Waals surface area (Å²) < 4.78 is 16.3. The molecule has 0 bridgehead atoms. The molecule has 0 saturated carbocycles. The molecule has 0 aliphatic rings. The molecule has 0 atom stereocenters. The number of amides is 1. The molecule has 0 fully saturated rings. The second-order valence-electron chi connectivity index (χ2n) is 6.81. The summed E-state index contributed by atoms with van der Waals surface area (Å²) in [4.78, 5) is 21.4. The van der Waals surface area contributed by atoms with Gasteiger partial charge in [-0.1, -0.05) is 29.4 Å². The Morgan fingerprint density at radius 2 is 1.82 bits per heavy atom. The summed E-state index contributed by atoms with van der Waals surface area (Å²) in [5, 5.41) is 6.60. The van der Waals surface area contributed by atoms with Crippen LogP contribution < -0.4 is 25.3 Å².